The summed E-state index contributed by atoms with van der Waals surface area (Å²) in [4.78, 5) is 26.9. The van der Waals surface area contributed by atoms with Crippen LogP contribution in [-0.2, 0) is 11.2 Å². The zero-order valence-electron chi connectivity index (χ0n) is 17.7. The van der Waals surface area contributed by atoms with Crippen molar-refractivity contribution in [3.63, 3.8) is 0 Å². The third-order valence-corrected chi connectivity index (χ3v) is 5.80. The average Bonchev–Trinajstić information content (AvgIpc) is 2.88. The minimum absolute atomic E-state index is 0.0156. The fraction of sp³-hybridized carbons (Fsp3) is 0.375. The first-order chi connectivity index (χ1) is 15.0. The Morgan fingerprint density at radius 3 is 2.65 bits per heavy atom. The fourth-order valence-corrected chi connectivity index (χ4v) is 3.99. The van der Waals surface area contributed by atoms with Crippen LogP contribution in [0.1, 0.15) is 42.5 Å². The van der Waals surface area contributed by atoms with E-state index in [-0.39, 0.29) is 17.6 Å². The van der Waals surface area contributed by atoms with Crippen molar-refractivity contribution in [2.24, 2.45) is 0 Å². The Bertz CT molecular complexity index is 1160. The normalized spacial score (nSPS) is 14.5. The summed E-state index contributed by atoms with van der Waals surface area (Å²) in [6.07, 6.45) is 7.37. The summed E-state index contributed by atoms with van der Waals surface area (Å²) in [7, 11) is 0. The van der Waals surface area contributed by atoms with Gasteiger partial charge in [0.1, 0.15) is 11.9 Å². The number of benzene rings is 1. The Balaban J connectivity index is 1.23. The SMILES string of the molecule is Cc1cccn2cc(CCCC(=O)N3CCC(Oc4ccc(C#N)cc4)CC3)n2c1=O. The number of ether oxygens (including phenoxy) is 1. The van der Waals surface area contributed by atoms with Gasteiger partial charge in [-0.3, -0.25) is 14.1 Å². The lowest BCUT2D eigenvalue weighted by Gasteiger charge is -2.32. The first kappa shape index (κ1) is 20.7. The summed E-state index contributed by atoms with van der Waals surface area (Å²) in [5.74, 6) is 0.918. The lowest BCUT2D eigenvalue weighted by molar-refractivity contribution is -0.133. The molecule has 0 N–H and O–H groups in total. The van der Waals surface area contributed by atoms with Crippen LogP contribution in [0.4, 0.5) is 0 Å². The molecule has 0 radical (unpaired) electrons. The van der Waals surface area contributed by atoms with Crippen LogP contribution in [0.25, 0.3) is 0 Å². The number of hydrogen-bond acceptors (Lipinski definition) is 4. The molecule has 0 atom stereocenters. The maximum atomic E-state index is 12.6. The molecular formula is C24H26N4O3. The minimum atomic E-state index is -0.0156. The Hall–Kier alpha value is -3.53. The second-order valence-corrected chi connectivity index (χ2v) is 8.00. The largest absolute Gasteiger partial charge is 0.490 e. The first-order valence-electron chi connectivity index (χ1n) is 10.7. The molecule has 1 aliphatic heterocycles. The molecular weight excluding hydrogens is 392 g/mol. The van der Waals surface area contributed by atoms with Crippen molar-refractivity contribution in [1.29, 1.82) is 5.26 Å². The fourth-order valence-electron chi connectivity index (χ4n) is 3.99. The van der Waals surface area contributed by atoms with E-state index in [4.69, 9.17) is 10.00 Å². The predicted molar refractivity (Wildman–Crippen MR) is 116 cm³/mol. The number of aryl methyl sites for hydroxylation is 2. The number of rotatable bonds is 6. The number of nitrogens with zero attached hydrogens (tertiary/aromatic N) is 4. The highest BCUT2D eigenvalue weighted by Gasteiger charge is 2.23. The Kier molecular flexibility index (Phi) is 6.08. The van der Waals surface area contributed by atoms with E-state index in [2.05, 4.69) is 6.07 Å². The maximum absolute atomic E-state index is 12.6. The Morgan fingerprint density at radius 1 is 1.19 bits per heavy atom. The molecule has 0 spiro atoms. The monoisotopic (exact) mass is 418 g/mol. The van der Waals surface area contributed by atoms with E-state index in [1.807, 2.05) is 48.5 Å². The van der Waals surface area contributed by atoms with Gasteiger partial charge in [-0.2, -0.15) is 5.26 Å². The number of fused-ring (bicyclic) bond motifs is 1. The summed E-state index contributed by atoms with van der Waals surface area (Å²) in [5.41, 5.74) is 2.25. The molecule has 7 nitrogen and oxygen atoms in total. The molecule has 0 bridgehead atoms. The van der Waals surface area contributed by atoms with Crippen LogP contribution < -0.4 is 10.3 Å². The van der Waals surface area contributed by atoms with E-state index >= 15 is 0 Å². The van der Waals surface area contributed by atoms with E-state index in [0.717, 1.165) is 30.7 Å². The van der Waals surface area contributed by atoms with Gasteiger partial charge in [-0.1, -0.05) is 6.07 Å². The average molecular weight is 418 g/mol. The number of carbonyl (C=O) groups excluding carboxylic acids is 1. The van der Waals surface area contributed by atoms with Crippen LogP contribution in [0.3, 0.4) is 0 Å². The van der Waals surface area contributed by atoms with Gasteiger partial charge in [-0.05, 0) is 50.1 Å². The highest BCUT2D eigenvalue weighted by Crippen LogP contribution is 2.20. The highest BCUT2D eigenvalue weighted by atomic mass is 16.5. The van der Waals surface area contributed by atoms with Gasteiger partial charge in [-0.15, -0.1) is 0 Å². The lowest BCUT2D eigenvalue weighted by Crippen LogP contribution is -2.41. The molecule has 3 aromatic rings. The van der Waals surface area contributed by atoms with Crippen molar-refractivity contribution in [3.8, 4) is 11.8 Å². The number of aromatic nitrogens is 2. The van der Waals surface area contributed by atoms with Crippen LogP contribution in [0.2, 0.25) is 0 Å². The van der Waals surface area contributed by atoms with Gasteiger partial charge in [0.2, 0.25) is 5.91 Å². The van der Waals surface area contributed by atoms with Crippen molar-refractivity contribution in [3.05, 3.63) is 76.0 Å². The van der Waals surface area contributed by atoms with Gasteiger partial charge >= 0.3 is 0 Å². The van der Waals surface area contributed by atoms with Gasteiger partial charge in [0.15, 0.2) is 0 Å². The standard InChI is InChI=1S/C24H26N4O3/c1-18-4-3-13-27-17-20(28(27)24(18)30)5-2-6-23(29)26-14-11-22(12-15-26)31-21-9-7-19(16-25)8-10-21/h3-4,7-10,13,17,22H,2,5-6,11-12,14-15H2,1H3. The topological polar surface area (TPSA) is 79.2 Å². The summed E-state index contributed by atoms with van der Waals surface area (Å²) in [6.45, 7) is 3.19. The molecule has 160 valence electrons. The number of nitriles is 1. The summed E-state index contributed by atoms with van der Waals surface area (Å²) >= 11 is 0. The molecule has 1 aromatic carbocycles. The van der Waals surface area contributed by atoms with Crippen molar-refractivity contribution in [2.75, 3.05) is 13.1 Å². The molecule has 0 unspecified atom stereocenters. The van der Waals surface area contributed by atoms with Crippen molar-refractivity contribution in [2.45, 2.75) is 45.1 Å². The predicted octanol–water partition coefficient (Wildman–Crippen LogP) is 2.97. The molecule has 31 heavy (non-hydrogen) atoms. The Morgan fingerprint density at radius 2 is 1.94 bits per heavy atom. The molecule has 2 aromatic heterocycles. The second kappa shape index (κ2) is 9.09. The van der Waals surface area contributed by atoms with Crippen molar-refractivity contribution < 1.29 is 9.53 Å². The molecule has 0 saturated carbocycles. The molecule has 0 aliphatic carbocycles. The third-order valence-electron chi connectivity index (χ3n) is 5.80. The van der Waals surface area contributed by atoms with Crippen molar-refractivity contribution in [1.82, 2.24) is 13.9 Å². The van der Waals surface area contributed by atoms with Crippen LogP contribution in [0, 0.1) is 18.3 Å². The van der Waals surface area contributed by atoms with Crippen LogP contribution >= 0.6 is 0 Å². The lowest BCUT2D eigenvalue weighted by atomic mass is 10.1. The molecule has 3 heterocycles. The van der Waals surface area contributed by atoms with E-state index in [1.54, 1.807) is 21.2 Å². The molecule has 1 saturated heterocycles. The maximum Gasteiger partial charge on any atom is 0.272 e. The van der Waals surface area contributed by atoms with Gasteiger partial charge in [0.25, 0.3) is 5.56 Å². The quantitative estimate of drug-likeness (QED) is 0.617. The highest BCUT2D eigenvalue weighted by molar-refractivity contribution is 5.76. The number of likely N-dealkylation sites (tertiary alicyclic amines) is 1. The van der Waals surface area contributed by atoms with Crippen molar-refractivity contribution >= 4 is 5.91 Å². The smallest absolute Gasteiger partial charge is 0.272 e. The van der Waals surface area contributed by atoms with Crippen LogP contribution in [0.15, 0.2) is 53.6 Å². The first-order valence-corrected chi connectivity index (χ1v) is 10.7. The van der Waals surface area contributed by atoms with Gasteiger partial charge < -0.3 is 9.64 Å². The summed E-state index contributed by atoms with van der Waals surface area (Å²) in [6, 6.07) is 12.9. The van der Waals surface area contributed by atoms with E-state index in [1.165, 1.54) is 0 Å². The molecule has 1 fully saturated rings. The Labute approximate surface area is 181 Å². The molecule has 1 amide bonds. The summed E-state index contributed by atoms with van der Waals surface area (Å²) in [5, 5.41) is 8.87. The van der Waals surface area contributed by atoms with Gasteiger partial charge in [-0.25, -0.2) is 4.52 Å². The van der Waals surface area contributed by atoms with Gasteiger partial charge in [0, 0.05) is 50.3 Å². The zero-order valence-corrected chi connectivity index (χ0v) is 17.7. The number of piperidine rings is 1. The number of amides is 1. The third kappa shape index (κ3) is 4.64. The number of carbonyl (C=O) groups is 1. The molecule has 4 rings (SSSR count). The van der Waals surface area contributed by atoms with Gasteiger partial charge in [0.05, 0.1) is 17.3 Å². The van der Waals surface area contributed by atoms with E-state index in [9.17, 15) is 9.59 Å². The molecule has 1 aliphatic rings. The number of hydrogen-bond donors (Lipinski definition) is 0. The van der Waals surface area contributed by atoms with E-state index < -0.39 is 0 Å². The van der Waals surface area contributed by atoms with E-state index in [0.29, 0.717) is 37.1 Å². The zero-order chi connectivity index (χ0) is 21.8. The van der Waals surface area contributed by atoms with Crippen LogP contribution in [0.5, 0.6) is 5.75 Å². The molecule has 7 heteroatoms. The minimum Gasteiger partial charge on any atom is -0.490 e. The second-order valence-electron chi connectivity index (χ2n) is 8.00. The summed E-state index contributed by atoms with van der Waals surface area (Å²) < 4.78 is 9.45. The van der Waals surface area contributed by atoms with Crippen LogP contribution in [-0.4, -0.2) is 39.0 Å².